The van der Waals surface area contributed by atoms with Crippen molar-refractivity contribution in [2.24, 2.45) is 7.05 Å². The molecule has 1 saturated heterocycles. The molecular weight excluding hydrogens is 480 g/mol. The third-order valence-corrected chi connectivity index (χ3v) is 5.86. The fourth-order valence-electron chi connectivity index (χ4n) is 4.12. The van der Waals surface area contributed by atoms with Crippen molar-refractivity contribution in [1.82, 2.24) is 30.3 Å². The summed E-state index contributed by atoms with van der Waals surface area (Å²) in [5.74, 6) is 0.224. The van der Waals surface area contributed by atoms with Crippen molar-refractivity contribution in [3.8, 4) is 28.1 Å². The second-order valence-electron chi connectivity index (χ2n) is 8.08. The molecule has 1 aliphatic heterocycles. The molecule has 0 amide bonds. The van der Waals surface area contributed by atoms with E-state index in [2.05, 4.69) is 37.4 Å². The first kappa shape index (κ1) is 25.6. The van der Waals surface area contributed by atoms with Gasteiger partial charge >= 0.3 is 0 Å². The minimum atomic E-state index is -0.398. The number of phenols is 1. The molecule has 3 heterocycles. The minimum Gasteiger partial charge on any atom is -0.507 e. The molecule has 180 valence electrons. The van der Waals surface area contributed by atoms with Gasteiger partial charge in [-0.1, -0.05) is 13.0 Å². The van der Waals surface area contributed by atoms with Crippen molar-refractivity contribution >= 4 is 41.7 Å². The summed E-state index contributed by atoms with van der Waals surface area (Å²) in [6.07, 6.45) is 4.43. The molecule has 1 fully saturated rings. The van der Waals surface area contributed by atoms with Crippen LogP contribution in [0.3, 0.4) is 0 Å². The Kier molecular flexibility index (Phi) is 7.91. The van der Waals surface area contributed by atoms with E-state index in [0.29, 0.717) is 45.3 Å². The average molecular weight is 506 g/mol. The summed E-state index contributed by atoms with van der Waals surface area (Å²) in [6.45, 7) is 4.71. The first-order chi connectivity index (χ1) is 15.5. The lowest BCUT2D eigenvalue weighted by Gasteiger charge is -2.32. The topological polar surface area (TPSA) is 92.0 Å². The first-order valence-electron chi connectivity index (χ1n) is 10.7. The molecule has 34 heavy (non-hydrogen) atoms. The normalized spacial score (nSPS) is 15.6. The Labute approximate surface area is 209 Å². The quantitative estimate of drug-likeness (QED) is 0.433. The molecule has 0 spiro atoms. The lowest BCUT2D eigenvalue weighted by molar-refractivity contribution is 0.442. The number of anilines is 1. The van der Waals surface area contributed by atoms with Crippen LogP contribution in [0.2, 0.25) is 0 Å². The largest absolute Gasteiger partial charge is 0.507 e. The van der Waals surface area contributed by atoms with E-state index in [-0.39, 0.29) is 30.6 Å². The smallest absolute Gasteiger partial charge is 0.245 e. The van der Waals surface area contributed by atoms with Crippen molar-refractivity contribution in [3.63, 3.8) is 0 Å². The predicted molar refractivity (Wildman–Crippen MR) is 135 cm³/mol. The van der Waals surface area contributed by atoms with Crippen LogP contribution in [0.4, 0.5) is 10.3 Å². The maximum atomic E-state index is 14.5. The number of rotatable bonds is 4. The summed E-state index contributed by atoms with van der Waals surface area (Å²) in [5, 5.41) is 27.5. The molecule has 0 saturated carbocycles. The Morgan fingerprint density at radius 1 is 1.15 bits per heavy atom. The number of hydrogen-bond acceptors (Lipinski definition) is 7. The number of piperazine rings is 1. The van der Waals surface area contributed by atoms with Gasteiger partial charge in [0.1, 0.15) is 17.0 Å². The number of hydrogen-bond donors (Lipinski definition) is 2. The van der Waals surface area contributed by atoms with Crippen molar-refractivity contribution in [1.29, 1.82) is 0 Å². The Balaban J connectivity index is 0.00000162. The van der Waals surface area contributed by atoms with E-state index in [1.165, 1.54) is 6.07 Å². The summed E-state index contributed by atoms with van der Waals surface area (Å²) in [4.78, 5) is 6.59. The van der Waals surface area contributed by atoms with E-state index in [0.717, 1.165) is 26.1 Å². The Bertz CT molecular complexity index is 1280. The molecule has 1 atom stereocenters. The van der Waals surface area contributed by atoms with Gasteiger partial charge < -0.3 is 15.3 Å². The summed E-state index contributed by atoms with van der Waals surface area (Å²) in [6, 6.07) is 8.87. The molecule has 2 N–H and O–H groups in total. The third kappa shape index (κ3) is 4.91. The lowest BCUT2D eigenvalue weighted by atomic mass is 10.0. The molecule has 11 heteroatoms. The van der Waals surface area contributed by atoms with Crippen molar-refractivity contribution in [2.45, 2.75) is 19.4 Å². The van der Waals surface area contributed by atoms with E-state index in [4.69, 9.17) is 0 Å². The van der Waals surface area contributed by atoms with Crippen LogP contribution in [-0.4, -0.2) is 55.7 Å². The van der Waals surface area contributed by atoms with Crippen LogP contribution in [0.5, 0.6) is 5.75 Å². The Morgan fingerprint density at radius 2 is 1.97 bits per heavy atom. The highest BCUT2D eigenvalue weighted by atomic mass is 35.5. The highest BCUT2D eigenvalue weighted by Gasteiger charge is 2.20. The molecule has 0 aliphatic carbocycles. The molecule has 1 aliphatic rings. The fraction of sp³-hybridized carbons (Fsp3) is 0.304. The van der Waals surface area contributed by atoms with Gasteiger partial charge in [0.15, 0.2) is 5.82 Å². The van der Waals surface area contributed by atoms with Gasteiger partial charge in [-0.3, -0.25) is 4.68 Å². The number of fused-ring (bicyclic) bond motifs is 1. The van der Waals surface area contributed by atoms with E-state index < -0.39 is 5.82 Å². The zero-order chi connectivity index (χ0) is 22.2. The molecule has 1 unspecified atom stereocenters. The summed E-state index contributed by atoms with van der Waals surface area (Å²) in [7, 11) is 1.75. The zero-order valence-corrected chi connectivity index (χ0v) is 20.4. The van der Waals surface area contributed by atoms with E-state index >= 15 is 0 Å². The van der Waals surface area contributed by atoms with Crippen LogP contribution >= 0.6 is 24.8 Å². The van der Waals surface area contributed by atoms with E-state index in [1.807, 2.05) is 12.1 Å². The van der Waals surface area contributed by atoms with Crippen LogP contribution in [0.15, 0.2) is 42.7 Å². The van der Waals surface area contributed by atoms with Gasteiger partial charge in [0.05, 0.1) is 6.20 Å². The van der Waals surface area contributed by atoms with Gasteiger partial charge in [0.25, 0.3) is 0 Å². The number of aryl methyl sites for hydroxylation is 1. The van der Waals surface area contributed by atoms with Crippen LogP contribution < -0.4 is 10.2 Å². The van der Waals surface area contributed by atoms with Gasteiger partial charge in [0.2, 0.25) is 5.95 Å². The van der Waals surface area contributed by atoms with Gasteiger partial charge in [-0.2, -0.15) is 5.10 Å². The maximum absolute atomic E-state index is 14.5. The number of nitrogens with zero attached hydrogens (tertiary/aromatic N) is 6. The minimum absolute atomic E-state index is 0. The number of phenolic OH excluding ortho intramolecular Hbond substituents is 1. The fourth-order valence-corrected chi connectivity index (χ4v) is 4.12. The van der Waals surface area contributed by atoms with Crippen LogP contribution in [0.1, 0.15) is 13.3 Å². The SMILES string of the molecule is CCC1CN(c2ncc(-c3ccc(-c4cc(F)c5nn(C)cc5c4)cc3O)nn2)CCN1.Cl.Cl. The molecule has 8 nitrogen and oxygen atoms in total. The van der Waals surface area contributed by atoms with Crippen molar-refractivity contribution in [2.75, 3.05) is 24.5 Å². The van der Waals surface area contributed by atoms with Crippen LogP contribution in [0, 0.1) is 5.82 Å². The van der Waals surface area contributed by atoms with Gasteiger partial charge in [-0.25, -0.2) is 9.37 Å². The number of benzene rings is 2. The standard InChI is InChI=1S/C23H24FN7O.2ClH/c1-3-17-13-31(7-6-25-17)23-26-11-20(27-28-23)18-5-4-14(10-21(18)32)15-8-16-12-30(2)29-22(16)19(24)9-15;;/h4-5,8-12,17,25,32H,3,6-7,13H2,1-2H3;2*1H. The summed E-state index contributed by atoms with van der Waals surface area (Å²) in [5.41, 5.74) is 2.69. The molecular formula is C23H26Cl2FN7O. The van der Waals surface area contributed by atoms with Gasteiger partial charge in [-0.05, 0) is 41.8 Å². The zero-order valence-electron chi connectivity index (χ0n) is 18.8. The molecule has 4 aromatic rings. The highest BCUT2D eigenvalue weighted by molar-refractivity contribution is 5.86. The summed E-state index contributed by atoms with van der Waals surface area (Å²) >= 11 is 0. The van der Waals surface area contributed by atoms with E-state index in [1.54, 1.807) is 36.3 Å². The Morgan fingerprint density at radius 3 is 2.68 bits per heavy atom. The lowest BCUT2D eigenvalue weighted by Crippen LogP contribution is -2.51. The average Bonchev–Trinajstić information content (AvgIpc) is 3.20. The highest BCUT2D eigenvalue weighted by Crippen LogP contribution is 2.34. The Hall–Kier alpha value is -3.01. The molecule has 2 aromatic heterocycles. The first-order valence-corrected chi connectivity index (χ1v) is 10.7. The van der Waals surface area contributed by atoms with Gasteiger partial charge in [-0.15, -0.1) is 35.0 Å². The monoisotopic (exact) mass is 505 g/mol. The van der Waals surface area contributed by atoms with Gasteiger partial charge in [0, 0.05) is 49.9 Å². The van der Waals surface area contributed by atoms with Crippen molar-refractivity contribution < 1.29 is 9.50 Å². The van der Waals surface area contributed by atoms with E-state index in [9.17, 15) is 9.50 Å². The summed E-state index contributed by atoms with van der Waals surface area (Å²) < 4.78 is 16.0. The maximum Gasteiger partial charge on any atom is 0.245 e. The number of halogens is 3. The second-order valence-corrected chi connectivity index (χ2v) is 8.08. The number of nitrogens with one attached hydrogen (secondary N) is 1. The van der Waals surface area contributed by atoms with Crippen LogP contribution in [-0.2, 0) is 7.05 Å². The van der Waals surface area contributed by atoms with Crippen molar-refractivity contribution in [3.05, 3.63) is 48.5 Å². The predicted octanol–water partition coefficient (Wildman–Crippen LogP) is 3.97. The van der Waals surface area contributed by atoms with Crippen LogP contribution in [0.25, 0.3) is 33.3 Å². The number of aromatic nitrogens is 5. The molecule has 2 aromatic carbocycles. The third-order valence-electron chi connectivity index (χ3n) is 5.86. The number of aromatic hydroxyl groups is 1. The second kappa shape index (κ2) is 10.5. The molecule has 5 rings (SSSR count). The molecule has 0 radical (unpaired) electrons. The molecule has 0 bridgehead atoms.